The topological polar surface area (TPSA) is 139 Å². The lowest BCUT2D eigenvalue weighted by molar-refractivity contribution is 0.131. The maximum Gasteiger partial charge on any atom is 0.213 e. The first-order valence-corrected chi connectivity index (χ1v) is 14.5. The van der Waals surface area contributed by atoms with Gasteiger partial charge in [0.05, 0.1) is 49.8 Å². The third-order valence-corrected chi connectivity index (χ3v) is 8.98. The summed E-state index contributed by atoms with van der Waals surface area (Å²) in [4.78, 5) is 18.6. The molecule has 206 valence electrons. The Morgan fingerprint density at radius 2 is 1.67 bits per heavy atom. The largest absolute Gasteiger partial charge is 0.494 e. The van der Waals surface area contributed by atoms with E-state index in [4.69, 9.17) is 24.2 Å². The molecule has 11 nitrogen and oxygen atoms in total. The van der Waals surface area contributed by atoms with Crippen LogP contribution in [0.3, 0.4) is 0 Å². The number of rotatable bonds is 9. The molecule has 1 fully saturated rings. The maximum absolute atomic E-state index is 13.2. The van der Waals surface area contributed by atoms with E-state index in [0.717, 1.165) is 0 Å². The average Bonchev–Trinajstić information content (AvgIpc) is 3.31. The van der Waals surface area contributed by atoms with Crippen LogP contribution >= 0.6 is 0 Å². The molecule has 1 aliphatic carbocycles. The number of ether oxygens (including phenoxy) is 3. The highest BCUT2D eigenvalue weighted by Gasteiger charge is 2.31. The first-order chi connectivity index (χ1) is 18.8. The molecule has 4 aromatic rings. The van der Waals surface area contributed by atoms with Crippen molar-refractivity contribution < 1.29 is 27.7 Å². The number of aromatic nitrogens is 5. The predicted molar refractivity (Wildman–Crippen MR) is 145 cm³/mol. The average molecular weight is 554 g/mol. The molecule has 1 aromatic carbocycles. The zero-order chi connectivity index (χ0) is 27.6. The van der Waals surface area contributed by atoms with E-state index in [-0.39, 0.29) is 5.75 Å². The molecule has 0 spiro atoms. The quantitative estimate of drug-likeness (QED) is 0.328. The molecule has 1 N–H and O–H groups in total. The first-order valence-electron chi connectivity index (χ1n) is 12.8. The van der Waals surface area contributed by atoms with Gasteiger partial charge in [0.1, 0.15) is 22.9 Å². The van der Waals surface area contributed by atoms with E-state index >= 15 is 0 Å². The Hall–Kier alpha value is -3.77. The summed E-state index contributed by atoms with van der Waals surface area (Å²) in [6.07, 6.45) is 2.83. The zero-order valence-corrected chi connectivity index (χ0v) is 22.9. The number of hydrogen-bond donors (Lipinski definition) is 1. The highest BCUT2D eigenvalue weighted by Crippen LogP contribution is 2.38. The number of para-hydroxylation sites is 1. The minimum absolute atomic E-state index is 0.266. The van der Waals surface area contributed by atoms with Crippen molar-refractivity contribution in [1.82, 2.24) is 24.5 Å². The molecule has 1 aliphatic rings. The fourth-order valence-electron chi connectivity index (χ4n) is 4.89. The van der Waals surface area contributed by atoms with Crippen LogP contribution in [0.25, 0.3) is 28.5 Å². The summed E-state index contributed by atoms with van der Waals surface area (Å²) in [6.45, 7) is 2.33. The molecule has 0 atom stereocenters. The van der Waals surface area contributed by atoms with Gasteiger partial charge >= 0.3 is 0 Å². The Morgan fingerprint density at radius 1 is 0.974 bits per heavy atom. The second-order valence-electron chi connectivity index (χ2n) is 9.32. The Morgan fingerprint density at radius 3 is 2.33 bits per heavy atom. The number of methoxy groups -OCH3 is 2. The van der Waals surface area contributed by atoms with E-state index in [1.165, 1.54) is 6.20 Å². The van der Waals surface area contributed by atoms with Crippen molar-refractivity contribution in [2.45, 2.75) is 49.7 Å². The van der Waals surface area contributed by atoms with Crippen molar-refractivity contribution in [3.05, 3.63) is 48.3 Å². The van der Waals surface area contributed by atoms with Crippen LogP contribution in [0, 0.1) is 0 Å². The van der Waals surface area contributed by atoms with Crippen LogP contribution in [0.4, 0.5) is 0 Å². The van der Waals surface area contributed by atoms with Gasteiger partial charge in [0.2, 0.25) is 5.88 Å². The molecule has 0 unspecified atom stereocenters. The lowest BCUT2D eigenvalue weighted by Gasteiger charge is -2.25. The van der Waals surface area contributed by atoms with Crippen LogP contribution in [0.5, 0.6) is 17.4 Å². The SMILES string of the molecule is CCOc1cccc(-c2nc3ncc(CS(=O)(=O)C4CCC(O)CC4)nc3n2-c2c(OC)cccc2OC)n1. The Balaban J connectivity index is 1.68. The highest BCUT2D eigenvalue weighted by molar-refractivity contribution is 7.91. The summed E-state index contributed by atoms with van der Waals surface area (Å²) in [5.41, 5.74) is 1.97. The molecule has 1 saturated carbocycles. The van der Waals surface area contributed by atoms with Crippen LogP contribution in [0.1, 0.15) is 38.3 Å². The van der Waals surface area contributed by atoms with Crippen molar-refractivity contribution in [3.63, 3.8) is 0 Å². The van der Waals surface area contributed by atoms with Gasteiger partial charge in [0, 0.05) is 6.07 Å². The van der Waals surface area contributed by atoms with E-state index in [9.17, 15) is 13.5 Å². The third kappa shape index (κ3) is 5.39. The van der Waals surface area contributed by atoms with E-state index in [1.807, 2.05) is 13.0 Å². The van der Waals surface area contributed by atoms with Crippen molar-refractivity contribution in [1.29, 1.82) is 0 Å². The van der Waals surface area contributed by atoms with Gasteiger partial charge in [0.15, 0.2) is 27.0 Å². The van der Waals surface area contributed by atoms with Crippen LogP contribution in [-0.2, 0) is 15.6 Å². The molecule has 39 heavy (non-hydrogen) atoms. The summed E-state index contributed by atoms with van der Waals surface area (Å²) in [7, 11) is -0.408. The number of hydrogen-bond acceptors (Lipinski definition) is 10. The minimum atomic E-state index is -3.51. The fraction of sp³-hybridized carbons (Fsp3) is 0.407. The second kappa shape index (κ2) is 11.1. The van der Waals surface area contributed by atoms with Crippen molar-refractivity contribution in [2.24, 2.45) is 0 Å². The van der Waals surface area contributed by atoms with Gasteiger partial charge in [-0.25, -0.2) is 28.4 Å². The van der Waals surface area contributed by atoms with Crippen LogP contribution in [0.2, 0.25) is 0 Å². The van der Waals surface area contributed by atoms with E-state index in [1.54, 1.807) is 49.1 Å². The number of aliphatic hydroxyl groups excluding tert-OH is 1. The fourth-order valence-corrected chi connectivity index (χ4v) is 6.67. The van der Waals surface area contributed by atoms with Crippen molar-refractivity contribution in [3.8, 4) is 34.6 Å². The first kappa shape index (κ1) is 26.8. The Kier molecular flexibility index (Phi) is 7.67. The van der Waals surface area contributed by atoms with Crippen molar-refractivity contribution in [2.75, 3.05) is 20.8 Å². The lowest BCUT2D eigenvalue weighted by atomic mass is 9.97. The van der Waals surface area contributed by atoms with Gasteiger partial charge in [-0.3, -0.25) is 4.57 Å². The van der Waals surface area contributed by atoms with Gasteiger partial charge in [-0.15, -0.1) is 0 Å². The third-order valence-electron chi connectivity index (χ3n) is 6.79. The molecule has 0 bridgehead atoms. The molecule has 3 aromatic heterocycles. The van der Waals surface area contributed by atoms with E-state index < -0.39 is 21.2 Å². The number of fused-ring (bicyclic) bond motifs is 1. The Bertz CT molecular complexity index is 1560. The van der Waals surface area contributed by atoms with Gasteiger partial charge in [0.25, 0.3) is 0 Å². The minimum Gasteiger partial charge on any atom is -0.494 e. The zero-order valence-electron chi connectivity index (χ0n) is 22.1. The maximum atomic E-state index is 13.2. The molecule has 0 saturated heterocycles. The summed E-state index contributed by atoms with van der Waals surface area (Å²) < 4.78 is 45.2. The summed E-state index contributed by atoms with van der Waals surface area (Å²) in [5.74, 6) is 1.58. The number of sulfone groups is 1. The van der Waals surface area contributed by atoms with Crippen LogP contribution < -0.4 is 14.2 Å². The lowest BCUT2D eigenvalue weighted by Crippen LogP contribution is -2.30. The molecule has 3 heterocycles. The standard InChI is InChI=1S/C27H31N5O6S/c1-4-38-23-10-5-7-20(30-23)26-31-25-27(32(26)24-21(36-2)8-6-9-22(24)37-3)29-17(15-28-25)16-39(34,35)19-13-11-18(33)12-14-19/h5-10,15,18-19,33H,4,11-14,16H2,1-3H3. The molecule has 0 amide bonds. The van der Waals surface area contributed by atoms with Gasteiger partial charge in [-0.1, -0.05) is 12.1 Å². The van der Waals surface area contributed by atoms with Gasteiger partial charge in [-0.2, -0.15) is 0 Å². The summed E-state index contributed by atoms with van der Waals surface area (Å²) in [6, 6.07) is 10.8. The Labute approximate surface area is 226 Å². The molecule has 12 heteroatoms. The smallest absolute Gasteiger partial charge is 0.213 e. The molecular weight excluding hydrogens is 522 g/mol. The summed E-state index contributed by atoms with van der Waals surface area (Å²) in [5, 5.41) is 9.29. The predicted octanol–water partition coefficient (Wildman–Crippen LogP) is 3.51. The van der Waals surface area contributed by atoms with E-state index in [2.05, 4.69) is 9.97 Å². The van der Waals surface area contributed by atoms with Crippen LogP contribution in [0.15, 0.2) is 42.6 Å². The number of imidazole rings is 1. The molecule has 0 radical (unpaired) electrons. The number of aliphatic hydroxyl groups is 1. The molecular formula is C27H31N5O6S. The molecule has 5 rings (SSSR count). The van der Waals surface area contributed by atoms with Crippen LogP contribution in [-0.4, -0.2) is 70.2 Å². The summed E-state index contributed by atoms with van der Waals surface area (Å²) >= 11 is 0. The van der Waals surface area contributed by atoms with Gasteiger partial charge in [-0.05, 0) is 50.8 Å². The monoisotopic (exact) mass is 553 g/mol. The number of benzene rings is 1. The molecule has 0 aliphatic heterocycles. The normalized spacial score (nSPS) is 17.7. The number of nitrogens with zero attached hydrogens (tertiary/aromatic N) is 5. The van der Waals surface area contributed by atoms with Gasteiger partial charge < -0.3 is 19.3 Å². The number of pyridine rings is 1. The van der Waals surface area contributed by atoms with Crippen molar-refractivity contribution >= 4 is 21.1 Å². The second-order valence-corrected chi connectivity index (χ2v) is 11.6. The highest BCUT2D eigenvalue weighted by atomic mass is 32.2. The van der Waals surface area contributed by atoms with E-state index in [0.29, 0.717) is 83.9 Å².